The highest BCUT2D eigenvalue weighted by molar-refractivity contribution is 5.43. The van der Waals surface area contributed by atoms with E-state index in [4.69, 9.17) is 15.2 Å². The van der Waals surface area contributed by atoms with E-state index in [1.54, 1.807) is 19.1 Å². The number of hydrogen-bond acceptors (Lipinski definition) is 4. The van der Waals surface area contributed by atoms with E-state index in [-0.39, 0.29) is 11.8 Å². The Labute approximate surface area is 134 Å². The molecule has 0 amide bonds. The van der Waals surface area contributed by atoms with Crippen LogP contribution in [-0.2, 0) is 6.54 Å². The monoisotopic (exact) mass is 332 g/mol. The zero-order chi connectivity index (χ0) is 17.0. The zero-order valence-electron chi connectivity index (χ0n) is 13.4. The number of halogens is 3. The summed E-state index contributed by atoms with van der Waals surface area (Å²) in [5.41, 5.74) is 6.98. The van der Waals surface area contributed by atoms with E-state index in [2.05, 4.69) is 11.8 Å². The summed E-state index contributed by atoms with van der Waals surface area (Å²) in [4.78, 5) is 2.23. The molecule has 1 aliphatic heterocycles. The van der Waals surface area contributed by atoms with Gasteiger partial charge in [-0.25, -0.2) is 0 Å². The van der Waals surface area contributed by atoms with Gasteiger partial charge in [0.15, 0.2) is 18.1 Å². The fourth-order valence-electron chi connectivity index (χ4n) is 2.68. The molecule has 7 heteroatoms. The van der Waals surface area contributed by atoms with Gasteiger partial charge in [0.05, 0.1) is 6.61 Å². The Balaban J connectivity index is 2.06. The molecule has 2 N–H and O–H groups in total. The van der Waals surface area contributed by atoms with Crippen molar-refractivity contribution in [2.75, 3.05) is 26.3 Å². The Kier molecular flexibility index (Phi) is 5.75. The van der Waals surface area contributed by atoms with Crippen molar-refractivity contribution in [2.45, 2.75) is 32.6 Å². The molecule has 0 saturated carbocycles. The summed E-state index contributed by atoms with van der Waals surface area (Å²) in [6.45, 7) is 5.35. The molecule has 0 aromatic heterocycles. The van der Waals surface area contributed by atoms with Gasteiger partial charge in [0, 0.05) is 25.7 Å². The Hall–Kier alpha value is -1.47. The minimum absolute atomic E-state index is 0.111. The molecule has 23 heavy (non-hydrogen) atoms. The quantitative estimate of drug-likeness (QED) is 0.870. The summed E-state index contributed by atoms with van der Waals surface area (Å²) in [5, 5.41) is 0. The van der Waals surface area contributed by atoms with Gasteiger partial charge in [0.1, 0.15) is 0 Å². The normalized spacial score (nSPS) is 22.3. The molecule has 2 unspecified atom stereocenters. The van der Waals surface area contributed by atoms with Gasteiger partial charge < -0.3 is 15.2 Å². The Bertz CT molecular complexity index is 513. The molecule has 0 bridgehead atoms. The predicted molar refractivity (Wildman–Crippen MR) is 81.6 cm³/mol. The number of rotatable bonds is 6. The van der Waals surface area contributed by atoms with E-state index in [1.807, 2.05) is 0 Å². The Morgan fingerprint density at radius 3 is 2.52 bits per heavy atom. The average Bonchev–Trinajstić information content (AvgIpc) is 2.76. The smallest absolute Gasteiger partial charge is 0.422 e. The van der Waals surface area contributed by atoms with E-state index in [1.165, 1.54) is 6.07 Å². The number of nitrogens with zero attached hydrogens (tertiary/aromatic N) is 1. The lowest BCUT2D eigenvalue weighted by Gasteiger charge is -2.18. The summed E-state index contributed by atoms with van der Waals surface area (Å²) in [5.74, 6) is 0.890. The standard InChI is InChI=1S/C16H23F3N2O2/c1-3-22-15-6-12(8-21-7-11(2)13(20)9-21)4-5-14(15)23-10-16(17,18)19/h4-6,11,13H,3,7-10,20H2,1-2H3. The first kappa shape index (κ1) is 17.9. The molecule has 2 atom stereocenters. The van der Waals surface area contributed by atoms with Crippen LogP contribution in [0.1, 0.15) is 19.4 Å². The molecule has 0 aliphatic carbocycles. The lowest BCUT2D eigenvalue weighted by Crippen LogP contribution is -2.28. The lowest BCUT2D eigenvalue weighted by atomic mass is 10.1. The van der Waals surface area contributed by atoms with Gasteiger partial charge in [-0.3, -0.25) is 4.90 Å². The van der Waals surface area contributed by atoms with Gasteiger partial charge in [-0.05, 0) is 30.5 Å². The number of likely N-dealkylation sites (tertiary alicyclic amines) is 1. The van der Waals surface area contributed by atoms with Crippen molar-refractivity contribution < 1.29 is 22.6 Å². The highest BCUT2D eigenvalue weighted by Gasteiger charge is 2.29. The lowest BCUT2D eigenvalue weighted by molar-refractivity contribution is -0.153. The second-order valence-corrected chi connectivity index (χ2v) is 5.95. The highest BCUT2D eigenvalue weighted by Crippen LogP contribution is 2.31. The molecule has 0 spiro atoms. The number of ether oxygens (including phenoxy) is 2. The second kappa shape index (κ2) is 7.40. The van der Waals surface area contributed by atoms with Crippen LogP contribution in [0.3, 0.4) is 0 Å². The minimum atomic E-state index is -4.37. The predicted octanol–water partition coefficient (Wildman–Crippen LogP) is 2.81. The maximum Gasteiger partial charge on any atom is 0.422 e. The van der Waals surface area contributed by atoms with Gasteiger partial charge >= 0.3 is 6.18 Å². The van der Waals surface area contributed by atoms with Crippen LogP contribution in [0.5, 0.6) is 11.5 Å². The van der Waals surface area contributed by atoms with E-state index in [9.17, 15) is 13.2 Å². The van der Waals surface area contributed by atoms with E-state index in [0.29, 0.717) is 24.8 Å². The van der Waals surface area contributed by atoms with Crippen molar-refractivity contribution in [3.05, 3.63) is 23.8 Å². The summed E-state index contributed by atoms with van der Waals surface area (Å²) in [6.07, 6.45) is -4.37. The van der Waals surface area contributed by atoms with E-state index < -0.39 is 12.8 Å². The van der Waals surface area contributed by atoms with Crippen LogP contribution < -0.4 is 15.2 Å². The molecule has 1 aliphatic rings. The summed E-state index contributed by atoms with van der Waals surface area (Å²) < 4.78 is 47.1. The van der Waals surface area contributed by atoms with Crippen molar-refractivity contribution in [1.29, 1.82) is 0 Å². The van der Waals surface area contributed by atoms with Crippen LogP contribution in [0.4, 0.5) is 13.2 Å². The van der Waals surface area contributed by atoms with Crippen LogP contribution in [0.25, 0.3) is 0 Å². The number of alkyl halides is 3. The van der Waals surface area contributed by atoms with Crippen molar-refractivity contribution >= 4 is 0 Å². The van der Waals surface area contributed by atoms with Gasteiger partial charge in [-0.1, -0.05) is 13.0 Å². The van der Waals surface area contributed by atoms with Crippen LogP contribution in [0.15, 0.2) is 18.2 Å². The van der Waals surface area contributed by atoms with Crippen LogP contribution in [0.2, 0.25) is 0 Å². The third-order valence-corrected chi connectivity index (χ3v) is 3.85. The Morgan fingerprint density at radius 1 is 1.22 bits per heavy atom. The third-order valence-electron chi connectivity index (χ3n) is 3.85. The molecule has 2 rings (SSSR count). The molecule has 1 fully saturated rings. The summed E-state index contributed by atoms with van der Waals surface area (Å²) in [7, 11) is 0. The molecule has 1 aromatic rings. The molecule has 1 saturated heterocycles. The fraction of sp³-hybridized carbons (Fsp3) is 0.625. The van der Waals surface area contributed by atoms with Crippen molar-refractivity contribution in [3.63, 3.8) is 0 Å². The maximum atomic E-state index is 12.3. The maximum absolute atomic E-state index is 12.3. The zero-order valence-corrected chi connectivity index (χ0v) is 13.4. The number of benzene rings is 1. The molecule has 1 aromatic carbocycles. The molecule has 130 valence electrons. The number of nitrogens with two attached hydrogens (primary N) is 1. The Morgan fingerprint density at radius 2 is 1.96 bits per heavy atom. The molecule has 0 radical (unpaired) electrons. The van der Waals surface area contributed by atoms with E-state index >= 15 is 0 Å². The van der Waals surface area contributed by atoms with E-state index in [0.717, 1.165) is 18.7 Å². The molecular weight excluding hydrogens is 309 g/mol. The molecule has 4 nitrogen and oxygen atoms in total. The highest BCUT2D eigenvalue weighted by atomic mass is 19.4. The number of hydrogen-bond donors (Lipinski definition) is 1. The van der Waals surface area contributed by atoms with Crippen molar-refractivity contribution in [3.8, 4) is 11.5 Å². The molecule has 1 heterocycles. The van der Waals surface area contributed by atoms with Gasteiger partial charge in [0.2, 0.25) is 0 Å². The van der Waals surface area contributed by atoms with Crippen molar-refractivity contribution in [1.82, 2.24) is 4.90 Å². The van der Waals surface area contributed by atoms with Gasteiger partial charge in [-0.15, -0.1) is 0 Å². The first-order chi connectivity index (χ1) is 10.8. The van der Waals surface area contributed by atoms with Crippen LogP contribution in [-0.4, -0.2) is 43.4 Å². The topological polar surface area (TPSA) is 47.7 Å². The first-order valence-corrected chi connectivity index (χ1v) is 7.71. The molecular formula is C16H23F3N2O2. The fourth-order valence-corrected chi connectivity index (χ4v) is 2.68. The van der Waals surface area contributed by atoms with Gasteiger partial charge in [-0.2, -0.15) is 13.2 Å². The summed E-state index contributed by atoms with van der Waals surface area (Å²) in [6, 6.07) is 5.20. The van der Waals surface area contributed by atoms with Crippen molar-refractivity contribution in [2.24, 2.45) is 11.7 Å². The average molecular weight is 332 g/mol. The third kappa shape index (κ3) is 5.28. The van der Waals surface area contributed by atoms with Crippen LogP contribution >= 0.6 is 0 Å². The first-order valence-electron chi connectivity index (χ1n) is 7.71. The van der Waals surface area contributed by atoms with Gasteiger partial charge in [0.25, 0.3) is 0 Å². The second-order valence-electron chi connectivity index (χ2n) is 5.95. The minimum Gasteiger partial charge on any atom is -0.490 e. The largest absolute Gasteiger partial charge is 0.490 e. The summed E-state index contributed by atoms with van der Waals surface area (Å²) >= 11 is 0. The van der Waals surface area contributed by atoms with Crippen LogP contribution in [0, 0.1) is 5.92 Å². The SMILES string of the molecule is CCOc1cc(CN2CC(C)C(N)C2)ccc1OCC(F)(F)F.